The largest absolute Gasteiger partial charge is 0.466 e. The van der Waals surface area contributed by atoms with E-state index in [0.717, 1.165) is 12.1 Å². The lowest BCUT2D eigenvalue weighted by Crippen LogP contribution is -2.36. The van der Waals surface area contributed by atoms with Crippen LogP contribution in [-0.4, -0.2) is 40.4 Å². The molecule has 176 valence electrons. The summed E-state index contributed by atoms with van der Waals surface area (Å²) < 4.78 is 12.9. The summed E-state index contributed by atoms with van der Waals surface area (Å²) in [5.74, 6) is -0.312. The van der Waals surface area contributed by atoms with Crippen LogP contribution >= 0.6 is 0 Å². The first kappa shape index (κ1) is 25.2. The maximum atomic E-state index is 12.7. The first-order valence-corrected chi connectivity index (χ1v) is 11.9. The second kappa shape index (κ2) is 12.1. The van der Waals surface area contributed by atoms with Crippen molar-refractivity contribution in [2.24, 2.45) is 11.8 Å². The molecule has 2 unspecified atom stereocenters. The molecule has 0 aliphatic heterocycles. The third kappa shape index (κ3) is 8.91. The fraction of sp³-hybridized carbons (Fsp3) is 0.792. The first-order valence-electron chi connectivity index (χ1n) is 11.9. The van der Waals surface area contributed by atoms with Gasteiger partial charge in [0, 0.05) is 25.2 Å². The van der Waals surface area contributed by atoms with Gasteiger partial charge in [-0.25, -0.2) is 9.78 Å². The van der Waals surface area contributed by atoms with Crippen LogP contribution in [0.15, 0.2) is 12.5 Å². The van der Waals surface area contributed by atoms with Crippen molar-refractivity contribution in [2.45, 2.75) is 97.6 Å². The Morgan fingerprint density at radius 3 is 2.55 bits per heavy atom. The van der Waals surface area contributed by atoms with Crippen molar-refractivity contribution < 1.29 is 19.1 Å². The van der Waals surface area contributed by atoms with E-state index in [0.29, 0.717) is 32.0 Å². The van der Waals surface area contributed by atoms with Gasteiger partial charge in [0.1, 0.15) is 5.60 Å². The van der Waals surface area contributed by atoms with Gasteiger partial charge in [0.2, 0.25) is 0 Å². The molecular weight excluding hydrogens is 394 g/mol. The molecule has 2 rings (SSSR count). The summed E-state index contributed by atoms with van der Waals surface area (Å²) in [5.41, 5.74) is 0.398. The molecule has 1 amide bonds. The van der Waals surface area contributed by atoms with Gasteiger partial charge in [0.15, 0.2) is 0 Å². The number of nitrogens with zero attached hydrogens (tertiary/aromatic N) is 2. The summed E-state index contributed by atoms with van der Waals surface area (Å²) in [6.45, 7) is 10.2. The Morgan fingerprint density at radius 1 is 1.23 bits per heavy atom. The van der Waals surface area contributed by atoms with E-state index in [-0.39, 0.29) is 17.8 Å². The van der Waals surface area contributed by atoms with Crippen LogP contribution in [0.2, 0.25) is 0 Å². The van der Waals surface area contributed by atoms with Crippen LogP contribution < -0.4 is 5.32 Å². The number of imidazole rings is 1. The summed E-state index contributed by atoms with van der Waals surface area (Å²) in [4.78, 5) is 29.3. The van der Waals surface area contributed by atoms with E-state index in [9.17, 15) is 9.59 Å². The number of aromatic nitrogens is 2. The van der Waals surface area contributed by atoms with Crippen molar-refractivity contribution in [2.75, 3.05) is 13.2 Å². The maximum Gasteiger partial charge on any atom is 0.407 e. The molecule has 1 aromatic rings. The number of amides is 1. The minimum atomic E-state index is -0.531. The number of carbonyl (C=O) groups excluding carboxylic acids is 2. The number of ether oxygens (including phenoxy) is 2. The molecule has 1 N–H and O–H groups in total. The highest BCUT2D eigenvalue weighted by Gasteiger charge is 2.26. The summed E-state index contributed by atoms with van der Waals surface area (Å²) >= 11 is 0. The molecule has 7 nitrogen and oxygen atoms in total. The van der Waals surface area contributed by atoms with Crippen molar-refractivity contribution in [3.8, 4) is 0 Å². The van der Waals surface area contributed by atoms with E-state index >= 15 is 0 Å². The first-order chi connectivity index (χ1) is 14.7. The molecule has 1 aliphatic rings. The number of esters is 1. The van der Waals surface area contributed by atoms with Gasteiger partial charge in [-0.2, -0.15) is 0 Å². The normalized spacial score (nSPS) is 17.1. The Labute approximate surface area is 187 Å². The Hall–Kier alpha value is -2.05. The van der Waals surface area contributed by atoms with Gasteiger partial charge in [-0.15, -0.1) is 0 Å². The van der Waals surface area contributed by atoms with Crippen molar-refractivity contribution in [1.29, 1.82) is 0 Å². The van der Waals surface area contributed by atoms with Crippen molar-refractivity contribution in [3.05, 3.63) is 18.2 Å². The van der Waals surface area contributed by atoms with Crippen LogP contribution in [0.4, 0.5) is 4.79 Å². The molecule has 1 fully saturated rings. The predicted molar refractivity (Wildman–Crippen MR) is 121 cm³/mol. The van der Waals surface area contributed by atoms with Crippen LogP contribution in [0.25, 0.3) is 0 Å². The summed E-state index contributed by atoms with van der Waals surface area (Å²) in [5, 5.41) is 2.84. The number of carbonyl (C=O) groups is 2. The van der Waals surface area contributed by atoms with Gasteiger partial charge in [-0.1, -0.05) is 32.6 Å². The number of rotatable bonds is 10. The second-order valence-electron chi connectivity index (χ2n) is 9.65. The lowest BCUT2D eigenvalue weighted by Gasteiger charge is -2.24. The molecule has 0 radical (unpaired) electrons. The monoisotopic (exact) mass is 435 g/mol. The van der Waals surface area contributed by atoms with E-state index in [1.54, 1.807) is 0 Å². The van der Waals surface area contributed by atoms with Gasteiger partial charge in [-0.05, 0) is 52.9 Å². The lowest BCUT2D eigenvalue weighted by atomic mass is 9.89. The van der Waals surface area contributed by atoms with E-state index in [4.69, 9.17) is 9.47 Å². The zero-order chi connectivity index (χ0) is 22.9. The van der Waals surface area contributed by atoms with Crippen molar-refractivity contribution in [3.63, 3.8) is 0 Å². The molecule has 1 heterocycles. The highest BCUT2D eigenvalue weighted by molar-refractivity contribution is 5.72. The van der Waals surface area contributed by atoms with E-state index in [1.807, 2.05) is 34.0 Å². The zero-order valence-corrected chi connectivity index (χ0v) is 20.0. The number of hydrogen-bond donors (Lipinski definition) is 1. The van der Waals surface area contributed by atoms with Gasteiger partial charge < -0.3 is 19.4 Å². The smallest absolute Gasteiger partial charge is 0.407 e. The van der Waals surface area contributed by atoms with Crippen LogP contribution in [0, 0.1) is 11.8 Å². The maximum absolute atomic E-state index is 12.7. The molecule has 7 heteroatoms. The molecule has 2 atom stereocenters. The molecule has 1 saturated carbocycles. The Balaban J connectivity index is 1.98. The van der Waals surface area contributed by atoms with Crippen LogP contribution in [-0.2, 0) is 20.7 Å². The third-order valence-corrected chi connectivity index (χ3v) is 5.86. The topological polar surface area (TPSA) is 82.5 Å². The number of hydrogen-bond acceptors (Lipinski definition) is 5. The average molecular weight is 436 g/mol. The highest BCUT2D eigenvalue weighted by Crippen LogP contribution is 2.28. The van der Waals surface area contributed by atoms with Crippen LogP contribution in [0.5, 0.6) is 0 Å². The quantitative estimate of drug-likeness (QED) is 0.520. The lowest BCUT2D eigenvalue weighted by molar-refractivity contribution is -0.148. The molecule has 1 aromatic heterocycles. The molecule has 1 aliphatic carbocycles. The molecular formula is C24H41N3O4. The summed E-state index contributed by atoms with van der Waals surface area (Å²) in [6, 6.07) is 0.525. The highest BCUT2D eigenvalue weighted by atomic mass is 16.6. The Morgan fingerprint density at radius 2 is 1.94 bits per heavy atom. The fourth-order valence-electron chi connectivity index (χ4n) is 4.18. The standard InChI is InChI=1S/C24H41N3O4/c1-6-18(15-25-23(29)31-24(3,4)5)13-19(22(28)30-7-2)14-20-16-27(17-26-20)21-11-9-8-10-12-21/h16-19,21H,6-15H2,1-5H3,(H,25,29). The molecule has 0 saturated heterocycles. The zero-order valence-electron chi connectivity index (χ0n) is 20.0. The predicted octanol–water partition coefficient (Wildman–Crippen LogP) is 5.05. The average Bonchev–Trinajstić information content (AvgIpc) is 3.18. The van der Waals surface area contributed by atoms with Crippen molar-refractivity contribution >= 4 is 12.1 Å². The van der Waals surface area contributed by atoms with Gasteiger partial charge in [0.25, 0.3) is 0 Å². The SMILES string of the molecule is CCOC(=O)C(Cc1cn(C2CCCCC2)cn1)CC(CC)CNC(=O)OC(C)(C)C. The minimum absolute atomic E-state index is 0.155. The Bertz CT molecular complexity index is 689. The van der Waals surface area contributed by atoms with Crippen molar-refractivity contribution in [1.82, 2.24) is 14.9 Å². The third-order valence-electron chi connectivity index (χ3n) is 5.86. The van der Waals surface area contributed by atoms with E-state index in [2.05, 4.69) is 28.0 Å². The molecule has 0 spiro atoms. The van der Waals surface area contributed by atoms with Gasteiger partial charge >= 0.3 is 12.1 Å². The van der Waals surface area contributed by atoms with Crippen LogP contribution in [0.3, 0.4) is 0 Å². The Kier molecular flexibility index (Phi) is 9.85. The molecule has 0 bridgehead atoms. The number of alkyl carbamates (subject to hydrolysis) is 1. The van der Waals surface area contributed by atoms with Gasteiger partial charge in [0.05, 0.1) is 24.5 Å². The molecule has 0 aromatic carbocycles. The minimum Gasteiger partial charge on any atom is -0.466 e. The van der Waals surface area contributed by atoms with Gasteiger partial charge in [-0.3, -0.25) is 4.79 Å². The van der Waals surface area contributed by atoms with Crippen LogP contribution in [0.1, 0.15) is 91.3 Å². The van der Waals surface area contributed by atoms with E-state index in [1.165, 1.54) is 32.1 Å². The van der Waals surface area contributed by atoms with E-state index < -0.39 is 11.7 Å². The summed E-state index contributed by atoms with van der Waals surface area (Å²) in [6.07, 6.45) is 11.9. The summed E-state index contributed by atoms with van der Waals surface area (Å²) in [7, 11) is 0. The second-order valence-corrected chi connectivity index (χ2v) is 9.65. The fourth-order valence-corrected chi connectivity index (χ4v) is 4.18. The molecule has 31 heavy (non-hydrogen) atoms. The number of nitrogens with one attached hydrogen (secondary N) is 1.